The van der Waals surface area contributed by atoms with E-state index in [1.807, 2.05) is 23.0 Å². The summed E-state index contributed by atoms with van der Waals surface area (Å²) in [6.07, 6.45) is 0.822. The molecule has 10 nitrogen and oxygen atoms in total. The van der Waals surface area contributed by atoms with Gasteiger partial charge in [0.25, 0.3) is 0 Å². The Hall–Kier alpha value is -0.875. The SMILES string of the molecule is O=C(OI)c1c(OC2CN(C(=O)[C@@H]3C[C@H](OI)CN3)C2)ccc([C@H]2C[C@H]2B(O)O)c1O. The number of hydrogen-bond donors (Lipinski definition) is 4. The molecule has 1 aromatic rings. The van der Waals surface area contributed by atoms with Crippen LogP contribution in [-0.4, -0.2) is 76.9 Å². The zero-order valence-electron chi connectivity index (χ0n) is 16.2. The number of phenols is 1. The number of benzene rings is 1. The molecule has 2 heterocycles. The number of ether oxygens (including phenoxy) is 1. The Morgan fingerprint density at radius 2 is 1.90 bits per heavy atom. The Bertz CT molecular complexity index is 869. The van der Waals surface area contributed by atoms with Gasteiger partial charge in [-0.05, 0) is 24.0 Å². The second-order valence-electron chi connectivity index (χ2n) is 8.05. The fourth-order valence-corrected chi connectivity index (χ4v) is 4.78. The van der Waals surface area contributed by atoms with Crippen LogP contribution in [0.2, 0.25) is 5.82 Å². The van der Waals surface area contributed by atoms with Crippen LogP contribution < -0.4 is 10.1 Å². The van der Waals surface area contributed by atoms with Crippen LogP contribution in [0.15, 0.2) is 12.1 Å². The summed E-state index contributed by atoms with van der Waals surface area (Å²) in [5.74, 6) is -1.51. The van der Waals surface area contributed by atoms with Crippen LogP contribution in [-0.2, 0) is 10.9 Å². The van der Waals surface area contributed by atoms with Gasteiger partial charge in [-0.25, -0.2) is 4.79 Å². The smallest absolute Gasteiger partial charge is 0.455 e. The van der Waals surface area contributed by atoms with Crippen LogP contribution >= 0.6 is 46.0 Å². The molecule has 0 aromatic heterocycles. The van der Waals surface area contributed by atoms with Gasteiger partial charge in [0.05, 0.1) is 25.2 Å². The molecule has 2 saturated heterocycles. The van der Waals surface area contributed by atoms with Gasteiger partial charge in [0, 0.05) is 18.8 Å². The normalized spacial score (nSPS) is 27.5. The molecule has 4 rings (SSSR count). The van der Waals surface area contributed by atoms with E-state index in [1.54, 1.807) is 17.0 Å². The minimum atomic E-state index is -1.48. The van der Waals surface area contributed by atoms with Crippen LogP contribution in [0.25, 0.3) is 0 Å². The monoisotopic (exact) mass is 658 g/mol. The van der Waals surface area contributed by atoms with Crippen LogP contribution in [0.4, 0.5) is 0 Å². The molecule has 13 heteroatoms. The van der Waals surface area contributed by atoms with Crippen molar-refractivity contribution in [2.45, 2.75) is 42.8 Å². The molecule has 3 aliphatic rings. The molecule has 0 bridgehead atoms. The molecule has 168 valence electrons. The number of rotatable bonds is 7. The summed E-state index contributed by atoms with van der Waals surface area (Å²) in [4.78, 5) is 26.6. The zero-order chi connectivity index (χ0) is 22.3. The van der Waals surface area contributed by atoms with Crippen molar-refractivity contribution >= 4 is 65.0 Å². The van der Waals surface area contributed by atoms with Gasteiger partial charge in [-0.3, -0.25) is 4.79 Å². The Labute approximate surface area is 207 Å². The molecule has 31 heavy (non-hydrogen) atoms. The van der Waals surface area contributed by atoms with Crippen molar-refractivity contribution < 1.29 is 35.6 Å². The highest BCUT2D eigenvalue weighted by molar-refractivity contribution is 14.1. The van der Waals surface area contributed by atoms with Crippen molar-refractivity contribution in [2.75, 3.05) is 19.6 Å². The Kier molecular flexibility index (Phi) is 7.17. The molecule has 2 aliphatic heterocycles. The highest BCUT2D eigenvalue weighted by atomic mass is 127. The van der Waals surface area contributed by atoms with Crippen molar-refractivity contribution in [3.8, 4) is 11.5 Å². The van der Waals surface area contributed by atoms with E-state index in [-0.39, 0.29) is 53.0 Å². The van der Waals surface area contributed by atoms with E-state index in [0.717, 1.165) is 0 Å². The fraction of sp³-hybridized carbons (Fsp3) is 0.556. The first-order valence-corrected chi connectivity index (χ1v) is 11.6. The van der Waals surface area contributed by atoms with Crippen LogP contribution in [0.1, 0.15) is 34.7 Å². The van der Waals surface area contributed by atoms with Gasteiger partial charge in [0.2, 0.25) is 5.91 Å². The lowest BCUT2D eigenvalue weighted by Gasteiger charge is -2.40. The molecule has 1 saturated carbocycles. The lowest BCUT2D eigenvalue weighted by Crippen LogP contribution is -2.59. The van der Waals surface area contributed by atoms with Gasteiger partial charge >= 0.3 is 13.1 Å². The third-order valence-corrected chi connectivity index (χ3v) is 7.15. The summed E-state index contributed by atoms with van der Waals surface area (Å²) >= 11 is 3.28. The summed E-state index contributed by atoms with van der Waals surface area (Å²) in [7, 11) is -1.48. The fourth-order valence-electron chi connectivity index (χ4n) is 4.18. The second-order valence-corrected chi connectivity index (χ2v) is 9.00. The van der Waals surface area contributed by atoms with E-state index < -0.39 is 13.1 Å². The summed E-state index contributed by atoms with van der Waals surface area (Å²) in [6, 6.07) is 2.92. The van der Waals surface area contributed by atoms with Gasteiger partial charge in [0.1, 0.15) is 46.2 Å². The maximum absolute atomic E-state index is 12.6. The first-order chi connectivity index (χ1) is 14.8. The molecule has 1 aromatic carbocycles. The van der Waals surface area contributed by atoms with Gasteiger partial charge in [-0.15, -0.1) is 0 Å². The van der Waals surface area contributed by atoms with Crippen molar-refractivity contribution in [3.05, 3.63) is 23.3 Å². The van der Waals surface area contributed by atoms with Gasteiger partial charge in [0.15, 0.2) is 23.0 Å². The third kappa shape index (κ3) is 4.76. The van der Waals surface area contributed by atoms with Gasteiger partial charge < -0.3 is 36.2 Å². The number of hydrogen-bond acceptors (Lipinski definition) is 9. The first kappa shape index (κ1) is 23.3. The van der Waals surface area contributed by atoms with Gasteiger partial charge in [-0.2, -0.15) is 0 Å². The molecule has 0 spiro atoms. The lowest BCUT2D eigenvalue weighted by atomic mass is 9.81. The van der Waals surface area contributed by atoms with Crippen LogP contribution in [0.5, 0.6) is 11.5 Å². The molecule has 0 unspecified atom stereocenters. The number of carbonyl (C=O) groups excluding carboxylic acids is 2. The third-order valence-electron chi connectivity index (χ3n) is 6.04. The number of likely N-dealkylation sites (tertiary alicyclic amines) is 1. The average molecular weight is 658 g/mol. The predicted octanol–water partition coefficient (Wildman–Crippen LogP) is 0.916. The van der Waals surface area contributed by atoms with E-state index in [0.29, 0.717) is 38.0 Å². The second kappa shape index (κ2) is 9.55. The number of amides is 1. The number of aromatic hydroxyl groups is 1. The molecule has 0 radical (unpaired) electrons. The summed E-state index contributed by atoms with van der Waals surface area (Å²) in [5, 5.41) is 32.5. The van der Waals surface area contributed by atoms with Gasteiger partial charge in [-0.1, -0.05) is 6.07 Å². The van der Waals surface area contributed by atoms with Crippen molar-refractivity contribution in [1.82, 2.24) is 10.2 Å². The summed E-state index contributed by atoms with van der Waals surface area (Å²) < 4.78 is 15.9. The molecule has 3 fully saturated rings. The quantitative estimate of drug-likeness (QED) is 0.249. The topological polar surface area (TPSA) is 138 Å². The minimum absolute atomic E-state index is 0.0109. The summed E-state index contributed by atoms with van der Waals surface area (Å²) in [5.41, 5.74) is 0.348. The van der Waals surface area contributed by atoms with E-state index in [1.165, 1.54) is 23.0 Å². The Morgan fingerprint density at radius 1 is 1.16 bits per heavy atom. The lowest BCUT2D eigenvalue weighted by molar-refractivity contribution is -0.142. The van der Waals surface area contributed by atoms with Crippen molar-refractivity contribution in [2.24, 2.45) is 0 Å². The largest absolute Gasteiger partial charge is 0.507 e. The predicted molar refractivity (Wildman–Crippen MR) is 125 cm³/mol. The molecule has 4 N–H and O–H groups in total. The number of phenolic OH excluding ortho intramolecular Hbond substituents is 1. The highest BCUT2D eigenvalue weighted by Gasteiger charge is 2.48. The minimum Gasteiger partial charge on any atom is -0.507 e. The van der Waals surface area contributed by atoms with E-state index >= 15 is 0 Å². The number of carbonyl (C=O) groups is 2. The van der Waals surface area contributed by atoms with Crippen LogP contribution in [0.3, 0.4) is 0 Å². The Balaban J connectivity index is 1.41. The van der Waals surface area contributed by atoms with Crippen LogP contribution in [0, 0.1) is 0 Å². The number of nitrogens with one attached hydrogen (secondary N) is 1. The van der Waals surface area contributed by atoms with E-state index in [4.69, 9.17) is 10.9 Å². The van der Waals surface area contributed by atoms with E-state index in [9.17, 15) is 24.7 Å². The summed E-state index contributed by atoms with van der Waals surface area (Å²) in [6.45, 7) is 1.38. The molecule has 4 atom stereocenters. The molecule has 1 aliphatic carbocycles. The zero-order valence-corrected chi connectivity index (χ0v) is 20.6. The molecular formula is C18H21BI2N2O8. The highest BCUT2D eigenvalue weighted by Crippen LogP contribution is 2.57. The maximum atomic E-state index is 12.6. The molecular weight excluding hydrogens is 637 g/mol. The van der Waals surface area contributed by atoms with Crippen molar-refractivity contribution in [3.63, 3.8) is 0 Å². The molecule has 1 amide bonds. The van der Waals surface area contributed by atoms with Crippen molar-refractivity contribution in [1.29, 1.82) is 0 Å². The number of halogens is 2. The standard InChI is InChI=1S/C18H21BI2N2O8/c20-30-8-3-13(22-5-8)17(25)23-6-9(7-23)29-14-2-1-10(11-4-12(11)19(27)28)16(24)15(14)18(26)31-21/h1-2,8-9,11-13,22,24,27-28H,3-7H2/t8-,11+,12+,13-/m0/s1. The first-order valence-electron chi connectivity index (χ1n) is 9.85. The Morgan fingerprint density at radius 3 is 2.48 bits per heavy atom. The average Bonchev–Trinajstić information content (AvgIpc) is 3.37. The maximum Gasteiger partial charge on any atom is 0.455 e. The van der Waals surface area contributed by atoms with E-state index in [2.05, 4.69) is 5.32 Å². The number of nitrogens with zero attached hydrogens (tertiary/aromatic N) is 1.